The van der Waals surface area contributed by atoms with Crippen LogP contribution in [0, 0.1) is 0 Å². The van der Waals surface area contributed by atoms with Crippen LogP contribution in [-0.2, 0) is 0 Å². The Morgan fingerprint density at radius 1 is 1.06 bits per heavy atom. The molecule has 2 heteroatoms. The molecule has 0 saturated heterocycles. The van der Waals surface area contributed by atoms with Gasteiger partial charge in [0.05, 0.1) is 0 Å². The number of rotatable bonds is 4. The summed E-state index contributed by atoms with van der Waals surface area (Å²) in [6.45, 7) is 2.86. The Morgan fingerprint density at radius 3 is 2.39 bits per heavy atom. The van der Waals surface area contributed by atoms with Crippen molar-refractivity contribution < 1.29 is 0 Å². The predicted molar refractivity (Wildman–Crippen MR) is 79.0 cm³/mol. The van der Waals surface area contributed by atoms with Crippen molar-refractivity contribution in [1.29, 1.82) is 0 Å². The van der Waals surface area contributed by atoms with E-state index in [2.05, 4.69) is 31.2 Å². The van der Waals surface area contributed by atoms with Crippen LogP contribution >= 0.6 is 11.6 Å². The molecule has 1 unspecified atom stereocenters. The maximum Gasteiger partial charge on any atom is 0.0446 e. The molecule has 2 N–H and O–H groups in total. The van der Waals surface area contributed by atoms with Gasteiger partial charge in [-0.1, -0.05) is 61.0 Å². The summed E-state index contributed by atoms with van der Waals surface area (Å²) < 4.78 is 0. The third-order valence-corrected chi connectivity index (χ3v) is 3.57. The minimum Gasteiger partial charge on any atom is -0.330 e. The van der Waals surface area contributed by atoms with E-state index in [4.69, 9.17) is 17.3 Å². The van der Waals surface area contributed by atoms with Crippen LogP contribution in [0.25, 0.3) is 11.1 Å². The second-order valence-electron chi connectivity index (χ2n) is 4.58. The predicted octanol–water partition coefficient (Wildman–Crippen LogP) is 4.46. The zero-order valence-electron chi connectivity index (χ0n) is 10.6. The Bertz CT molecular complexity index is 508. The highest BCUT2D eigenvalue weighted by atomic mass is 35.5. The summed E-state index contributed by atoms with van der Waals surface area (Å²) >= 11 is 6.37. The summed E-state index contributed by atoms with van der Waals surface area (Å²) in [7, 11) is 0. The Balaban J connectivity index is 2.31. The summed E-state index contributed by atoms with van der Waals surface area (Å²) in [6, 6.07) is 16.6. The van der Waals surface area contributed by atoms with Gasteiger partial charge in [-0.25, -0.2) is 0 Å². The fourth-order valence-electron chi connectivity index (χ4n) is 2.14. The number of hydrogen-bond acceptors (Lipinski definition) is 1. The van der Waals surface area contributed by atoms with Gasteiger partial charge in [0.25, 0.3) is 0 Å². The average Bonchev–Trinajstić information content (AvgIpc) is 2.40. The van der Waals surface area contributed by atoms with Crippen molar-refractivity contribution in [3.63, 3.8) is 0 Å². The van der Waals surface area contributed by atoms with Crippen LogP contribution in [0.2, 0.25) is 5.02 Å². The molecule has 0 aliphatic rings. The molecule has 0 spiro atoms. The second-order valence-corrected chi connectivity index (χ2v) is 4.99. The highest BCUT2D eigenvalue weighted by Gasteiger charge is 2.10. The Morgan fingerprint density at radius 2 is 1.78 bits per heavy atom. The molecule has 2 aromatic rings. The quantitative estimate of drug-likeness (QED) is 0.862. The Labute approximate surface area is 114 Å². The molecular weight excluding hydrogens is 242 g/mol. The summed E-state index contributed by atoms with van der Waals surface area (Å²) in [6.07, 6.45) is 0.963. The van der Waals surface area contributed by atoms with Crippen LogP contribution in [0.4, 0.5) is 0 Å². The minimum atomic E-state index is 0.410. The molecule has 0 aliphatic carbocycles. The molecule has 18 heavy (non-hydrogen) atoms. The Hall–Kier alpha value is -1.31. The molecule has 0 amide bonds. The van der Waals surface area contributed by atoms with Crippen LogP contribution in [-0.4, -0.2) is 6.54 Å². The lowest BCUT2D eigenvalue weighted by Crippen LogP contribution is -2.05. The van der Waals surface area contributed by atoms with Crippen molar-refractivity contribution in [2.45, 2.75) is 19.3 Å². The van der Waals surface area contributed by atoms with Crippen LogP contribution in [0.3, 0.4) is 0 Å². The fourth-order valence-corrected chi connectivity index (χ4v) is 2.51. The first-order chi connectivity index (χ1) is 8.72. The number of hydrogen-bond donors (Lipinski definition) is 1. The van der Waals surface area contributed by atoms with Crippen molar-refractivity contribution in [1.82, 2.24) is 0 Å². The van der Waals surface area contributed by atoms with Crippen LogP contribution < -0.4 is 5.73 Å². The monoisotopic (exact) mass is 259 g/mol. The molecule has 94 valence electrons. The van der Waals surface area contributed by atoms with E-state index in [0.29, 0.717) is 12.5 Å². The minimum absolute atomic E-state index is 0.410. The average molecular weight is 260 g/mol. The first-order valence-corrected chi connectivity index (χ1v) is 6.65. The molecule has 0 radical (unpaired) electrons. The fraction of sp³-hybridized carbons (Fsp3) is 0.250. The van der Waals surface area contributed by atoms with E-state index in [9.17, 15) is 0 Å². The van der Waals surface area contributed by atoms with Gasteiger partial charge in [-0.3, -0.25) is 0 Å². The van der Waals surface area contributed by atoms with E-state index in [0.717, 1.165) is 17.0 Å². The Kier molecular flexibility index (Phi) is 4.40. The van der Waals surface area contributed by atoms with E-state index in [1.165, 1.54) is 11.1 Å². The summed E-state index contributed by atoms with van der Waals surface area (Å²) in [5.74, 6) is 0.410. The molecule has 0 aromatic heterocycles. The van der Waals surface area contributed by atoms with Gasteiger partial charge in [0.1, 0.15) is 0 Å². The lowest BCUT2D eigenvalue weighted by molar-refractivity contribution is 0.690. The largest absolute Gasteiger partial charge is 0.330 e. The van der Waals surface area contributed by atoms with Crippen molar-refractivity contribution in [2.75, 3.05) is 6.54 Å². The maximum atomic E-state index is 6.37. The molecule has 0 saturated carbocycles. The molecule has 0 heterocycles. The van der Waals surface area contributed by atoms with E-state index in [-0.39, 0.29) is 0 Å². The molecule has 1 nitrogen and oxygen atoms in total. The van der Waals surface area contributed by atoms with E-state index >= 15 is 0 Å². The molecule has 0 fully saturated rings. The summed E-state index contributed by atoms with van der Waals surface area (Å²) in [5, 5.41) is 0.831. The zero-order chi connectivity index (χ0) is 13.0. The molecule has 0 bridgehead atoms. The van der Waals surface area contributed by atoms with Crippen LogP contribution in [0.5, 0.6) is 0 Å². The van der Waals surface area contributed by atoms with Crippen molar-refractivity contribution in [2.24, 2.45) is 5.73 Å². The van der Waals surface area contributed by atoms with Crippen LogP contribution in [0.1, 0.15) is 24.8 Å². The standard InChI is InChI=1S/C16H18ClN/c1-12(9-10-18)15-8-7-14(11-16(15)17)13-5-3-2-4-6-13/h2-8,11-12H,9-10,18H2,1H3. The van der Waals surface area contributed by atoms with Crippen LogP contribution in [0.15, 0.2) is 48.5 Å². The lowest BCUT2D eigenvalue weighted by Gasteiger charge is -2.13. The van der Waals surface area contributed by atoms with Gasteiger partial charge in [-0.15, -0.1) is 0 Å². The second kappa shape index (κ2) is 6.03. The first-order valence-electron chi connectivity index (χ1n) is 6.27. The number of halogens is 1. The molecule has 2 rings (SSSR count). The van der Waals surface area contributed by atoms with E-state index in [1.54, 1.807) is 0 Å². The van der Waals surface area contributed by atoms with Gasteiger partial charge < -0.3 is 5.73 Å². The molecular formula is C16H18ClN. The lowest BCUT2D eigenvalue weighted by atomic mass is 9.95. The summed E-state index contributed by atoms with van der Waals surface area (Å²) in [4.78, 5) is 0. The van der Waals surface area contributed by atoms with E-state index in [1.807, 2.05) is 24.3 Å². The number of benzene rings is 2. The van der Waals surface area contributed by atoms with Crippen molar-refractivity contribution >= 4 is 11.6 Å². The number of nitrogens with two attached hydrogens (primary N) is 1. The first kappa shape index (κ1) is 13.1. The topological polar surface area (TPSA) is 26.0 Å². The molecule has 2 aromatic carbocycles. The highest BCUT2D eigenvalue weighted by Crippen LogP contribution is 2.30. The third kappa shape index (κ3) is 2.92. The van der Waals surface area contributed by atoms with Gasteiger partial charge in [-0.2, -0.15) is 0 Å². The van der Waals surface area contributed by atoms with Gasteiger partial charge >= 0.3 is 0 Å². The SMILES string of the molecule is CC(CCN)c1ccc(-c2ccccc2)cc1Cl. The smallest absolute Gasteiger partial charge is 0.0446 e. The van der Waals surface area contributed by atoms with E-state index < -0.39 is 0 Å². The van der Waals surface area contributed by atoms with Gasteiger partial charge in [-0.05, 0) is 41.6 Å². The summed E-state index contributed by atoms with van der Waals surface area (Å²) in [5.41, 5.74) is 9.13. The van der Waals surface area contributed by atoms with Gasteiger partial charge in [0.15, 0.2) is 0 Å². The normalized spacial score (nSPS) is 12.4. The third-order valence-electron chi connectivity index (χ3n) is 3.24. The highest BCUT2D eigenvalue weighted by molar-refractivity contribution is 6.31. The van der Waals surface area contributed by atoms with Gasteiger partial charge in [0.2, 0.25) is 0 Å². The molecule has 1 atom stereocenters. The van der Waals surface area contributed by atoms with Gasteiger partial charge in [0, 0.05) is 5.02 Å². The van der Waals surface area contributed by atoms with Crippen molar-refractivity contribution in [3.8, 4) is 11.1 Å². The maximum absolute atomic E-state index is 6.37. The van der Waals surface area contributed by atoms with Crippen molar-refractivity contribution in [3.05, 3.63) is 59.1 Å². The molecule has 0 aliphatic heterocycles. The zero-order valence-corrected chi connectivity index (χ0v) is 11.3.